The molecule has 0 aliphatic carbocycles. The summed E-state index contributed by atoms with van der Waals surface area (Å²) in [6.07, 6.45) is 0. The predicted octanol–water partition coefficient (Wildman–Crippen LogP) is -0.357. The standard InChI is InChI=1S/C4H9NS/c1-4-5-2-3-6-4/h4-5H,2-3H2,1H3/p+1. The minimum atomic E-state index is 0.838. The Kier molecular flexibility index (Phi) is 1.37. The van der Waals surface area contributed by atoms with Crippen LogP contribution in [0.25, 0.3) is 0 Å². The third-order valence-corrected chi connectivity index (χ3v) is 2.19. The number of thioether (sulfide) groups is 1. The maximum atomic E-state index is 2.37. The summed E-state index contributed by atoms with van der Waals surface area (Å²) in [6.45, 7) is 3.57. The molecule has 1 atom stereocenters. The molecule has 0 saturated carbocycles. The lowest BCUT2D eigenvalue weighted by molar-refractivity contribution is -0.654. The second kappa shape index (κ2) is 1.85. The Morgan fingerprint density at radius 2 is 2.67 bits per heavy atom. The number of hydrogen-bond acceptors (Lipinski definition) is 1. The Morgan fingerprint density at radius 1 is 1.83 bits per heavy atom. The van der Waals surface area contributed by atoms with Crippen LogP contribution in [0, 0.1) is 0 Å². The first-order valence-electron chi connectivity index (χ1n) is 2.34. The molecular formula is C4H10NS+. The van der Waals surface area contributed by atoms with Gasteiger partial charge in [-0.05, 0) is 6.92 Å². The summed E-state index contributed by atoms with van der Waals surface area (Å²) in [7, 11) is 0. The van der Waals surface area contributed by atoms with Crippen LogP contribution in [0.5, 0.6) is 0 Å². The van der Waals surface area contributed by atoms with Crippen LogP contribution in [0.1, 0.15) is 6.92 Å². The van der Waals surface area contributed by atoms with Crippen molar-refractivity contribution in [1.29, 1.82) is 0 Å². The molecule has 36 valence electrons. The average Bonchev–Trinajstić information content (AvgIpc) is 1.86. The van der Waals surface area contributed by atoms with E-state index in [1.54, 1.807) is 0 Å². The van der Waals surface area contributed by atoms with Gasteiger partial charge in [-0.1, -0.05) is 11.8 Å². The molecule has 0 amide bonds. The van der Waals surface area contributed by atoms with Gasteiger partial charge >= 0.3 is 0 Å². The van der Waals surface area contributed by atoms with Crippen LogP contribution in [0.2, 0.25) is 0 Å². The van der Waals surface area contributed by atoms with E-state index in [-0.39, 0.29) is 0 Å². The van der Waals surface area contributed by atoms with Gasteiger partial charge in [0.1, 0.15) is 5.37 Å². The Bertz CT molecular complexity index is 40.8. The molecule has 1 rings (SSSR count). The third kappa shape index (κ3) is 0.884. The Hall–Kier alpha value is 0.310. The molecule has 1 aliphatic heterocycles. The van der Waals surface area contributed by atoms with Gasteiger partial charge in [-0.3, -0.25) is 0 Å². The molecule has 1 aliphatic rings. The molecule has 1 heterocycles. The van der Waals surface area contributed by atoms with E-state index in [2.05, 4.69) is 12.2 Å². The molecule has 1 fully saturated rings. The second-order valence-electron chi connectivity index (χ2n) is 1.60. The zero-order valence-electron chi connectivity index (χ0n) is 3.98. The fraction of sp³-hybridized carbons (Fsp3) is 1.00. The van der Waals surface area contributed by atoms with Crippen molar-refractivity contribution < 1.29 is 5.32 Å². The van der Waals surface area contributed by atoms with E-state index in [9.17, 15) is 0 Å². The Labute approximate surface area is 42.5 Å². The van der Waals surface area contributed by atoms with Gasteiger partial charge in [-0.2, -0.15) is 0 Å². The molecule has 0 aromatic rings. The van der Waals surface area contributed by atoms with Crippen LogP contribution in [0.4, 0.5) is 0 Å². The highest BCUT2D eigenvalue weighted by Crippen LogP contribution is 2.04. The first-order chi connectivity index (χ1) is 2.89. The fourth-order valence-corrected chi connectivity index (χ4v) is 1.54. The second-order valence-corrected chi connectivity index (χ2v) is 3.09. The van der Waals surface area contributed by atoms with Gasteiger partial charge in [0.2, 0.25) is 0 Å². The highest BCUT2D eigenvalue weighted by Gasteiger charge is 2.10. The van der Waals surface area contributed by atoms with Gasteiger partial charge in [-0.15, -0.1) is 0 Å². The minimum Gasteiger partial charge on any atom is -0.335 e. The number of quaternary nitrogens is 1. The molecule has 0 bridgehead atoms. The van der Waals surface area contributed by atoms with Gasteiger partial charge in [-0.25, -0.2) is 0 Å². The van der Waals surface area contributed by atoms with Crippen molar-refractivity contribution in [2.75, 3.05) is 12.3 Å². The van der Waals surface area contributed by atoms with E-state index in [1.807, 2.05) is 11.8 Å². The highest BCUT2D eigenvalue weighted by atomic mass is 32.2. The molecule has 2 N–H and O–H groups in total. The zero-order chi connectivity index (χ0) is 4.41. The van der Waals surface area contributed by atoms with Crippen LogP contribution in [-0.4, -0.2) is 17.7 Å². The maximum absolute atomic E-state index is 2.37. The molecule has 0 aromatic heterocycles. The van der Waals surface area contributed by atoms with Gasteiger partial charge in [0.15, 0.2) is 0 Å². The monoisotopic (exact) mass is 104 g/mol. The first-order valence-corrected chi connectivity index (χ1v) is 3.39. The van der Waals surface area contributed by atoms with Crippen LogP contribution in [-0.2, 0) is 0 Å². The van der Waals surface area contributed by atoms with Crippen molar-refractivity contribution in [1.82, 2.24) is 0 Å². The van der Waals surface area contributed by atoms with Gasteiger partial charge < -0.3 is 5.32 Å². The lowest BCUT2D eigenvalue weighted by atomic mass is 10.7. The lowest BCUT2D eigenvalue weighted by Crippen LogP contribution is -2.85. The quantitative estimate of drug-likeness (QED) is 0.444. The van der Waals surface area contributed by atoms with Gasteiger partial charge in [0.05, 0.1) is 6.54 Å². The van der Waals surface area contributed by atoms with E-state index < -0.39 is 0 Å². The molecule has 2 heteroatoms. The Morgan fingerprint density at radius 3 is 2.83 bits per heavy atom. The van der Waals surface area contributed by atoms with E-state index in [4.69, 9.17) is 0 Å². The van der Waals surface area contributed by atoms with Gasteiger partial charge in [0.25, 0.3) is 0 Å². The topological polar surface area (TPSA) is 16.6 Å². The van der Waals surface area contributed by atoms with Crippen molar-refractivity contribution >= 4 is 11.8 Å². The summed E-state index contributed by atoms with van der Waals surface area (Å²) < 4.78 is 0. The van der Waals surface area contributed by atoms with Crippen molar-refractivity contribution in [2.45, 2.75) is 12.3 Å². The van der Waals surface area contributed by atoms with Gasteiger partial charge in [0, 0.05) is 5.75 Å². The number of hydrogen-bond donors (Lipinski definition) is 1. The smallest absolute Gasteiger partial charge is 0.130 e. The molecule has 1 saturated heterocycles. The molecule has 0 spiro atoms. The predicted molar refractivity (Wildman–Crippen MR) is 28.7 cm³/mol. The largest absolute Gasteiger partial charge is 0.335 e. The molecule has 0 radical (unpaired) electrons. The number of nitrogens with two attached hydrogens (primary N) is 1. The summed E-state index contributed by atoms with van der Waals surface area (Å²) in [5.41, 5.74) is 0. The number of rotatable bonds is 0. The SMILES string of the molecule is CC1[NH2+]CCS1. The van der Waals surface area contributed by atoms with E-state index in [1.165, 1.54) is 12.3 Å². The summed E-state index contributed by atoms with van der Waals surface area (Å²) >= 11 is 2.04. The summed E-state index contributed by atoms with van der Waals surface area (Å²) in [4.78, 5) is 0. The van der Waals surface area contributed by atoms with Crippen molar-refractivity contribution in [2.24, 2.45) is 0 Å². The normalized spacial score (nSPS) is 34.5. The van der Waals surface area contributed by atoms with Crippen LogP contribution >= 0.6 is 11.8 Å². The minimum absolute atomic E-state index is 0.838. The summed E-state index contributed by atoms with van der Waals surface area (Å²) in [6, 6.07) is 0. The van der Waals surface area contributed by atoms with Crippen molar-refractivity contribution in [3.05, 3.63) is 0 Å². The average molecular weight is 104 g/mol. The highest BCUT2D eigenvalue weighted by molar-refractivity contribution is 7.99. The van der Waals surface area contributed by atoms with E-state index in [0.29, 0.717) is 0 Å². The van der Waals surface area contributed by atoms with E-state index >= 15 is 0 Å². The Balaban J connectivity index is 2.18. The third-order valence-electron chi connectivity index (χ3n) is 0.997. The molecule has 1 nitrogen and oxygen atoms in total. The molecule has 6 heavy (non-hydrogen) atoms. The zero-order valence-corrected chi connectivity index (χ0v) is 4.79. The van der Waals surface area contributed by atoms with E-state index in [0.717, 1.165) is 5.37 Å². The van der Waals surface area contributed by atoms with Crippen LogP contribution in [0.15, 0.2) is 0 Å². The molecular weight excluding hydrogens is 94.1 g/mol. The maximum Gasteiger partial charge on any atom is 0.130 e. The van der Waals surface area contributed by atoms with Crippen molar-refractivity contribution in [3.8, 4) is 0 Å². The fourth-order valence-electron chi connectivity index (χ4n) is 0.625. The molecule has 0 aromatic carbocycles. The van der Waals surface area contributed by atoms with Crippen LogP contribution in [0.3, 0.4) is 0 Å². The molecule has 1 unspecified atom stereocenters. The van der Waals surface area contributed by atoms with Crippen LogP contribution < -0.4 is 5.32 Å². The first kappa shape index (κ1) is 4.47. The lowest BCUT2D eigenvalue weighted by Gasteiger charge is -1.90. The van der Waals surface area contributed by atoms with Crippen molar-refractivity contribution in [3.63, 3.8) is 0 Å². The summed E-state index contributed by atoms with van der Waals surface area (Å²) in [5.74, 6) is 1.35. The summed E-state index contributed by atoms with van der Waals surface area (Å²) in [5, 5.41) is 3.20.